The number of hydrogen-bond donors (Lipinski definition) is 0. The summed E-state index contributed by atoms with van der Waals surface area (Å²) in [6.45, 7) is 31.3. The lowest BCUT2D eigenvalue weighted by Crippen LogP contribution is -2.68. The Kier molecular flexibility index (Phi) is 8.43. The fourth-order valence-corrected chi connectivity index (χ4v) is 20.2. The van der Waals surface area contributed by atoms with Gasteiger partial charge in [0.05, 0.1) is 24.2 Å². The highest BCUT2D eigenvalue weighted by Crippen LogP contribution is 2.84. The molecule has 0 N–H and O–H groups in total. The highest BCUT2D eigenvalue weighted by molar-refractivity contribution is 6.77. The zero-order valence-electron chi connectivity index (χ0n) is 30.9. The minimum Gasteiger partial charge on any atom is -0.466 e. The van der Waals surface area contributed by atoms with E-state index in [1.54, 1.807) is 0 Å². The SMILES string of the molecule is CCOC(=O)[C@H]1CC[C@]2(O[Si](C)(C)C(C)(C)C)C[C@@]23C[C@H]2[C@H](O[Si](C(C)C)(C(C)C)C(C)C)[C@H]([C@@H]4[C@@H](C)C(Cl)=C[C@@H]2C42CC2)[C@@H]13. The van der Waals surface area contributed by atoms with Crippen molar-refractivity contribution in [3.63, 3.8) is 0 Å². The van der Waals surface area contributed by atoms with Gasteiger partial charge in [-0.2, -0.15) is 0 Å². The Balaban J connectivity index is 1.54. The molecule has 0 saturated heterocycles. The van der Waals surface area contributed by atoms with Crippen LogP contribution in [0, 0.1) is 52.3 Å². The summed E-state index contributed by atoms with van der Waals surface area (Å²) in [7, 11) is -4.25. The lowest BCUT2D eigenvalue weighted by Gasteiger charge is -2.67. The summed E-state index contributed by atoms with van der Waals surface area (Å²) in [4.78, 5) is 14.1. The lowest BCUT2D eigenvalue weighted by atomic mass is 9.41. The standard InChI is InChI=1S/C38H65ClO4Si2/c1-14-41-34(40)26-15-16-38(43-44(12,13)35(9,10)11)21-37(38)20-27-28-19-29(39)25(8)31(36(28)17-18-36)30(32(26)37)33(27)42-45(22(2)3,23(4)5)24(6)7/h19,22-28,30-33H,14-18,20-21H2,1-13H3/t25-,26-,27+,28-,30+,31-,32+,33-,37+,38-/m0/s1. The average molecular weight is 678 g/mol. The van der Waals surface area contributed by atoms with Crippen LogP contribution in [0.15, 0.2) is 11.1 Å². The van der Waals surface area contributed by atoms with E-state index < -0.39 is 16.6 Å². The second-order valence-corrected chi connectivity index (χ2v) is 29.7. The second-order valence-electron chi connectivity index (χ2n) is 19.1. The van der Waals surface area contributed by atoms with Crippen molar-refractivity contribution in [1.82, 2.24) is 0 Å². The minimum atomic E-state index is -2.20. The Bertz CT molecular complexity index is 1190. The summed E-state index contributed by atoms with van der Waals surface area (Å²) in [5, 5.41) is 1.21. The molecule has 4 nitrogen and oxygen atoms in total. The Morgan fingerprint density at radius 2 is 1.62 bits per heavy atom. The van der Waals surface area contributed by atoms with Crippen molar-refractivity contribution in [2.45, 2.75) is 161 Å². The molecule has 0 unspecified atom stereocenters. The van der Waals surface area contributed by atoms with E-state index >= 15 is 0 Å². The van der Waals surface area contributed by atoms with Gasteiger partial charge in [0.1, 0.15) is 0 Å². The molecule has 0 aliphatic heterocycles. The predicted molar refractivity (Wildman–Crippen MR) is 190 cm³/mol. The number of allylic oxidation sites excluding steroid dienone is 2. The van der Waals surface area contributed by atoms with Crippen molar-refractivity contribution < 1.29 is 18.4 Å². The molecule has 5 fully saturated rings. The maximum atomic E-state index is 14.1. The van der Waals surface area contributed by atoms with Crippen molar-refractivity contribution in [2.75, 3.05) is 6.61 Å². The van der Waals surface area contributed by atoms with E-state index in [4.69, 9.17) is 25.2 Å². The molecule has 0 amide bonds. The molecule has 6 rings (SSSR count). The molecule has 0 radical (unpaired) electrons. The molecule has 10 atom stereocenters. The van der Waals surface area contributed by atoms with Crippen LogP contribution in [0.1, 0.15) is 115 Å². The van der Waals surface area contributed by atoms with Gasteiger partial charge >= 0.3 is 5.97 Å². The van der Waals surface area contributed by atoms with Gasteiger partial charge in [0, 0.05) is 10.4 Å². The maximum absolute atomic E-state index is 14.1. The van der Waals surface area contributed by atoms with Crippen molar-refractivity contribution in [1.29, 1.82) is 0 Å². The van der Waals surface area contributed by atoms with Gasteiger partial charge in [0.2, 0.25) is 8.32 Å². The number of fused-ring (bicyclic) bond motifs is 5. The Hall–Kier alpha value is -0.146. The number of carbonyl (C=O) groups is 1. The van der Waals surface area contributed by atoms with Crippen LogP contribution in [0.25, 0.3) is 0 Å². The summed E-state index contributed by atoms with van der Waals surface area (Å²) < 4.78 is 21.6. The number of ether oxygens (including phenoxy) is 1. The molecule has 45 heavy (non-hydrogen) atoms. The van der Waals surface area contributed by atoms with Crippen molar-refractivity contribution in [3.05, 3.63) is 11.1 Å². The van der Waals surface area contributed by atoms with Crippen LogP contribution in [0.2, 0.25) is 34.8 Å². The van der Waals surface area contributed by atoms with E-state index in [0.717, 1.165) is 30.7 Å². The molecule has 6 aliphatic carbocycles. The molecule has 5 saturated carbocycles. The largest absolute Gasteiger partial charge is 0.466 e. The van der Waals surface area contributed by atoms with Gasteiger partial charge < -0.3 is 13.6 Å². The molecule has 0 aromatic rings. The van der Waals surface area contributed by atoms with E-state index in [9.17, 15) is 4.79 Å². The molecule has 2 spiro atoms. The van der Waals surface area contributed by atoms with Gasteiger partial charge in [0.15, 0.2) is 8.32 Å². The quantitative estimate of drug-likeness (QED) is 0.180. The third kappa shape index (κ3) is 4.70. The molecular weight excluding hydrogens is 612 g/mol. The summed E-state index contributed by atoms with van der Waals surface area (Å²) in [5.41, 5.74) is 1.79. The van der Waals surface area contributed by atoms with Crippen LogP contribution < -0.4 is 0 Å². The maximum Gasteiger partial charge on any atom is 0.309 e. The monoisotopic (exact) mass is 676 g/mol. The number of hydrogen-bond acceptors (Lipinski definition) is 4. The van der Waals surface area contributed by atoms with Crippen LogP contribution in [0.4, 0.5) is 0 Å². The van der Waals surface area contributed by atoms with Crippen LogP contribution in [-0.2, 0) is 18.4 Å². The van der Waals surface area contributed by atoms with Crippen molar-refractivity contribution in [3.8, 4) is 0 Å². The third-order valence-electron chi connectivity index (χ3n) is 15.4. The smallest absolute Gasteiger partial charge is 0.309 e. The molecule has 0 aromatic heterocycles. The third-order valence-corrected chi connectivity index (χ3v) is 26.4. The average Bonchev–Trinajstić information content (AvgIpc) is 3.81. The number of esters is 1. The van der Waals surface area contributed by atoms with Gasteiger partial charge in [-0.3, -0.25) is 4.79 Å². The van der Waals surface area contributed by atoms with E-state index in [2.05, 4.69) is 88.4 Å². The number of halogens is 1. The molecule has 0 aromatic carbocycles. The van der Waals surface area contributed by atoms with Crippen molar-refractivity contribution >= 4 is 34.2 Å². The Morgan fingerprint density at radius 1 is 1.02 bits per heavy atom. The van der Waals surface area contributed by atoms with Crippen LogP contribution in [0.3, 0.4) is 0 Å². The molecule has 6 aliphatic rings. The first-order valence-electron chi connectivity index (χ1n) is 18.7. The van der Waals surface area contributed by atoms with Gasteiger partial charge in [-0.1, -0.05) is 86.9 Å². The number of rotatable bonds is 9. The summed E-state index contributed by atoms with van der Waals surface area (Å²) in [6, 6.07) is 0. The summed E-state index contributed by atoms with van der Waals surface area (Å²) >= 11 is 7.22. The van der Waals surface area contributed by atoms with Gasteiger partial charge in [-0.05, 0) is 121 Å². The molecule has 4 bridgehead atoms. The fourth-order valence-electron chi connectivity index (χ4n) is 12.6. The first-order valence-corrected chi connectivity index (χ1v) is 24.1. The zero-order valence-corrected chi connectivity index (χ0v) is 33.6. The Morgan fingerprint density at radius 3 is 2.13 bits per heavy atom. The van der Waals surface area contributed by atoms with E-state index in [-0.39, 0.29) is 40.0 Å². The molecule has 0 heterocycles. The molecule has 256 valence electrons. The van der Waals surface area contributed by atoms with Crippen molar-refractivity contribution in [2.24, 2.45) is 52.3 Å². The van der Waals surface area contributed by atoms with E-state index in [1.165, 1.54) is 12.8 Å². The highest BCUT2D eigenvalue weighted by Gasteiger charge is 2.84. The predicted octanol–water partition coefficient (Wildman–Crippen LogP) is 10.7. The van der Waals surface area contributed by atoms with E-state index in [0.29, 0.717) is 58.2 Å². The number of carbonyl (C=O) groups excluding carboxylic acids is 1. The summed E-state index contributed by atoms with van der Waals surface area (Å²) in [6.07, 6.45) is 9.34. The van der Waals surface area contributed by atoms with Crippen LogP contribution in [0.5, 0.6) is 0 Å². The first-order chi connectivity index (χ1) is 20.8. The lowest BCUT2D eigenvalue weighted by molar-refractivity contribution is -0.203. The highest BCUT2D eigenvalue weighted by atomic mass is 35.5. The van der Waals surface area contributed by atoms with Gasteiger partial charge in [-0.25, -0.2) is 0 Å². The minimum absolute atomic E-state index is 0.0233. The van der Waals surface area contributed by atoms with Crippen LogP contribution >= 0.6 is 11.6 Å². The van der Waals surface area contributed by atoms with Gasteiger partial charge in [0.25, 0.3) is 0 Å². The molecule has 7 heteroatoms. The summed E-state index contributed by atoms with van der Waals surface area (Å²) in [5.74, 6) is 2.12. The van der Waals surface area contributed by atoms with Gasteiger partial charge in [-0.15, -0.1) is 0 Å². The normalized spacial score (nSPS) is 41.6. The fraction of sp³-hybridized carbons (Fsp3) is 0.921. The Labute approximate surface area is 282 Å². The zero-order chi connectivity index (χ0) is 33.3. The van der Waals surface area contributed by atoms with Crippen LogP contribution in [-0.4, -0.2) is 40.9 Å². The molecular formula is C38H65ClO4Si2. The topological polar surface area (TPSA) is 44.8 Å². The first kappa shape index (κ1) is 34.7. The van der Waals surface area contributed by atoms with E-state index in [1.807, 2.05) is 6.92 Å². The second kappa shape index (κ2) is 10.9.